The number of aromatic nitrogens is 2. The van der Waals surface area contributed by atoms with Gasteiger partial charge in [0.05, 0.1) is 17.2 Å². The molecule has 3 rings (SSSR count). The molecule has 0 spiro atoms. The fourth-order valence-corrected chi connectivity index (χ4v) is 3.97. The number of aryl methyl sites for hydroxylation is 1. The molecule has 0 saturated heterocycles. The lowest BCUT2D eigenvalue weighted by Gasteiger charge is -2.14. The molecule has 9 heteroatoms. The summed E-state index contributed by atoms with van der Waals surface area (Å²) in [6.07, 6.45) is 2.06. The Hall–Kier alpha value is -3.04. The summed E-state index contributed by atoms with van der Waals surface area (Å²) in [5, 5.41) is 7.67. The largest absolute Gasteiger partial charge is 0.299 e. The third kappa shape index (κ3) is 4.10. The topological polar surface area (TPSA) is 118 Å². The number of nitrogens with zero attached hydrogens (tertiary/aromatic N) is 2. The number of carbonyl (C=O) groups excluding carboxylic acids is 1. The lowest BCUT2D eigenvalue weighted by molar-refractivity contribution is -0.128. The normalized spacial score (nSPS) is 12.6. The maximum atomic E-state index is 12.7. The molecule has 1 heterocycles. The van der Waals surface area contributed by atoms with Crippen LogP contribution in [0.5, 0.6) is 0 Å². The SMILES string of the molecule is CS(=O)(=O)[C@H](CCn1cnc2cc(-c3ccccc3)ccc2c1=O)C(=O)NO. The van der Waals surface area contributed by atoms with Gasteiger partial charge in [-0.1, -0.05) is 36.4 Å². The van der Waals surface area contributed by atoms with Gasteiger partial charge in [0.25, 0.3) is 11.5 Å². The summed E-state index contributed by atoms with van der Waals surface area (Å²) in [7, 11) is -3.75. The van der Waals surface area contributed by atoms with Gasteiger partial charge in [-0.3, -0.25) is 19.4 Å². The molecule has 8 nitrogen and oxygen atoms in total. The second-order valence-corrected chi connectivity index (χ2v) is 8.65. The molecule has 1 aromatic heterocycles. The zero-order valence-corrected chi connectivity index (χ0v) is 15.9. The minimum Gasteiger partial charge on any atom is -0.299 e. The predicted molar refractivity (Wildman–Crippen MR) is 105 cm³/mol. The average Bonchev–Trinajstić information content (AvgIpc) is 2.69. The van der Waals surface area contributed by atoms with Gasteiger partial charge in [-0.25, -0.2) is 18.9 Å². The quantitative estimate of drug-likeness (QED) is 0.476. The number of hydrogen-bond donors (Lipinski definition) is 2. The van der Waals surface area contributed by atoms with Gasteiger partial charge < -0.3 is 0 Å². The van der Waals surface area contributed by atoms with Crippen LogP contribution in [-0.2, 0) is 21.2 Å². The Morgan fingerprint density at radius 1 is 1.18 bits per heavy atom. The molecule has 0 aliphatic heterocycles. The zero-order valence-electron chi connectivity index (χ0n) is 15.1. The van der Waals surface area contributed by atoms with Gasteiger partial charge >= 0.3 is 0 Å². The Balaban J connectivity index is 1.90. The summed E-state index contributed by atoms with van der Waals surface area (Å²) in [5.74, 6) is -1.03. The van der Waals surface area contributed by atoms with E-state index in [4.69, 9.17) is 5.21 Å². The van der Waals surface area contributed by atoms with Crippen molar-refractivity contribution >= 4 is 26.6 Å². The highest BCUT2D eigenvalue weighted by Gasteiger charge is 2.28. The first kappa shape index (κ1) is 19.7. The van der Waals surface area contributed by atoms with E-state index in [9.17, 15) is 18.0 Å². The van der Waals surface area contributed by atoms with E-state index in [0.29, 0.717) is 10.9 Å². The maximum absolute atomic E-state index is 12.7. The molecule has 0 fully saturated rings. The molecule has 146 valence electrons. The van der Waals surface area contributed by atoms with Crippen molar-refractivity contribution < 1.29 is 18.4 Å². The van der Waals surface area contributed by atoms with E-state index in [1.165, 1.54) is 16.4 Å². The summed E-state index contributed by atoms with van der Waals surface area (Å²) in [4.78, 5) is 28.6. The number of nitrogens with one attached hydrogen (secondary N) is 1. The molecular weight excluding hydrogens is 382 g/mol. The van der Waals surface area contributed by atoms with Crippen molar-refractivity contribution in [2.24, 2.45) is 0 Å². The van der Waals surface area contributed by atoms with E-state index in [0.717, 1.165) is 17.4 Å². The van der Waals surface area contributed by atoms with Crippen LogP contribution in [0.15, 0.2) is 59.7 Å². The van der Waals surface area contributed by atoms with Crippen molar-refractivity contribution in [2.45, 2.75) is 18.2 Å². The fraction of sp³-hybridized carbons (Fsp3) is 0.211. The van der Waals surface area contributed by atoms with Crippen LogP contribution in [0.4, 0.5) is 0 Å². The van der Waals surface area contributed by atoms with Gasteiger partial charge in [0.2, 0.25) is 0 Å². The number of sulfone groups is 1. The van der Waals surface area contributed by atoms with Crippen LogP contribution >= 0.6 is 0 Å². The van der Waals surface area contributed by atoms with Crippen molar-refractivity contribution in [1.29, 1.82) is 0 Å². The number of hydrogen-bond acceptors (Lipinski definition) is 6. The van der Waals surface area contributed by atoms with Crippen LogP contribution < -0.4 is 11.0 Å². The van der Waals surface area contributed by atoms with Crippen LogP contribution in [0.2, 0.25) is 0 Å². The third-order valence-electron chi connectivity index (χ3n) is 4.48. The zero-order chi connectivity index (χ0) is 20.3. The fourth-order valence-electron chi connectivity index (χ4n) is 3.00. The average molecular weight is 401 g/mol. The Labute approximate surface area is 161 Å². The summed E-state index contributed by atoms with van der Waals surface area (Å²) >= 11 is 0. The van der Waals surface area contributed by atoms with E-state index < -0.39 is 21.0 Å². The molecule has 0 bridgehead atoms. The number of rotatable bonds is 6. The van der Waals surface area contributed by atoms with Gasteiger partial charge in [0.15, 0.2) is 9.84 Å². The Bertz CT molecular complexity index is 1170. The number of benzene rings is 2. The van der Waals surface area contributed by atoms with E-state index in [-0.39, 0.29) is 18.5 Å². The molecule has 1 atom stereocenters. The van der Waals surface area contributed by atoms with E-state index in [2.05, 4.69) is 4.98 Å². The molecule has 0 unspecified atom stereocenters. The summed E-state index contributed by atoms with van der Waals surface area (Å²) in [5.41, 5.74) is 3.47. The number of amides is 1. The smallest absolute Gasteiger partial charge is 0.261 e. The first-order valence-corrected chi connectivity index (χ1v) is 10.4. The van der Waals surface area contributed by atoms with Crippen molar-refractivity contribution in [3.8, 4) is 11.1 Å². The lowest BCUT2D eigenvalue weighted by Crippen LogP contribution is -2.39. The molecular formula is C19H19N3O5S. The van der Waals surface area contributed by atoms with Crippen LogP contribution in [-0.4, -0.2) is 40.6 Å². The first-order chi connectivity index (χ1) is 13.3. The second-order valence-electron chi connectivity index (χ2n) is 6.42. The highest BCUT2D eigenvalue weighted by Crippen LogP contribution is 2.21. The molecule has 28 heavy (non-hydrogen) atoms. The molecule has 3 aromatic rings. The van der Waals surface area contributed by atoms with Crippen molar-refractivity contribution in [2.75, 3.05) is 6.26 Å². The number of carbonyl (C=O) groups is 1. The molecule has 1 amide bonds. The monoisotopic (exact) mass is 401 g/mol. The van der Waals surface area contributed by atoms with Crippen LogP contribution in [0.3, 0.4) is 0 Å². The van der Waals surface area contributed by atoms with Crippen molar-refractivity contribution in [3.63, 3.8) is 0 Å². The van der Waals surface area contributed by atoms with E-state index >= 15 is 0 Å². The number of fused-ring (bicyclic) bond motifs is 1. The highest BCUT2D eigenvalue weighted by atomic mass is 32.2. The van der Waals surface area contributed by atoms with Gasteiger partial charge in [-0.2, -0.15) is 0 Å². The van der Waals surface area contributed by atoms with Gasteiger partial charge in [-0.15, -0.1) is 0 Å². The minimum absolute atomic E-state index is 0.0344. The van der Waals surface area contributed by atoms with Crippen molar-refractivity contribution in [1.82, 2.24) is 15.0 Å². The summed E-state index contributed by atoms with van der Waals surface area (Å²) in [6, 6.07) is 15.0. The van der Waals surface area contributed by atoms with E-state index in [1.807, 2.05) is 42.5 Å². The van der Waals surface area contributed by atoms with E-state index in [1.54, 1.807) is 6.07 Å². The molecule has 0 saturated carbocycles. The van der Waals surface area contributed by atoms with Gasteiger partial charge in [-0.05, 0) is 29.7 Å². The first-order valence-electron chi connectivity index (χ1n) is 8.48. The van der Waals surface area contributed by atoms with Crippen LogP contribution in [0.25, 0.3) is 22.0 Å². The molecule has 2 N–H and O–H groups in total. The maximum Gasteiger partial charge on any atom is 0.261 e. The standard InChI is InChI=1S/C19H19N3O5S/c1-28(26,27)17(18(23)21-25)9-10-22-12-20-16-11-14(7-8-15(16)19(22)24)13-5-3-2-4-6-13/h2-8,11-12,17,25H,9-10H2,1H3,(H,21,23)/t17-/m1/s1. The molecule has 0 aliphatic rings. The highest BCUT2D eigenvalue weighted by molar-refractivity contribution is 7.92. The summed E-state index contributed by atoms with van der Waals surface area (Å²) in [6.45, 7) is -0.0344. The van der Waals surface area contributed by atoms with Crippen LogP contribution in [0, 0.1) is 0 Å². The van der Waals surface area contributed by atoms with Crippen molar-refractivity contribution in [3.05, 3.63) is 65.2 Å². The van der Waals surface area contributed by atoms with Gasteiger partial charge in [0.1, 0.15) is 5.25 Å². The molecule has 2 aromatic carbocycles. The molecule has 0 aliphatic carbocycles. The predicted octanol–water partition coefficient (Wildman–Crippen LogP) is 1.37. The Morgan fingerprint density at radius 2 is 1.89 bits per heavy atom. The molecule has 0 radical (unpaired) electrons. The summed E-state index contributed by atoms with van der Waals surface area (Å²) < 4.78 is 24.8. The minimum atomic E-state index is -3.75. The van der Waals surface area contributed by atoms with Crippen LogP contribution in [0.1, 0.15) is 6.42 Å². The third-order valence-corrected chi connectivity index (χ3v) is 5.97. The lowest BCUT2D eigenvalue weighted by atomic mass is 10.0. The van der Waals surface area contributed by atoms with Gasteiger partial charge in [0, 0.05) is 12.8 Å². The second kappa shape index (κ2) is 7.91. The Morgan fingerprint density at radius 3 is 2.54 bits per heavy atom. The Kier molecular flexibility index (Phi) is 5.57. The number of hydroxylamine groups is 1.